The van der Waals surface area contributed by atoms with Crippen molar-refractivity contribution in [3.8, 4) is 0 Å². The monoisotopic (exact) mass is 526 g/mol. The van der Waals surface area contributed by atoms with Crippen LogP contribution >= 0.6 is 0 Å². The molecule has 0 atom stereocenters. The number of carbonyl (C=O) groups is 3. The number of primary amides is 1. The number of carbonyl (C=O) groups excluding carboxylic acids is 3. The zero-order chi connectivity index (χ0) is 27.6. The molecular formula is C28H42N6O4. The summed E-state index contributed by atoms with van der Waals surface area (Å²) in [6.45, 7) is 7.76. The first-order valence-corrected chi connectivity index (χ1v) is 13.9. The number of nitrogens with zero attached hydrogens (tertiary/aromatic N) is 3. The summed E-state index contributed by atoms with van der Waals surface area (Å²) in [5.41, 5.74) is 13.8. The van der Waals surface area contributed by atoms with Crippen LogP contribution in [0.5, 0.6) is 0 Å². The van der Waals surface area contributed by atoms with E-state index in [1.807, 2.05) is 11.6 Å². The van der Waals surface area contributed by atoms with Crippen molar-refractivity contribution in [2.24, 2.45) is 27.8 Å². The number of ether oxygens (including phenoxy) is 1. The fraction of sp³-hybridized carbons (Fsp3) is 0.679. The van der Waals surface area contributed by atoms with E-state index in [0.717, 1.165) is 42.6 Å². The molecule has 10 nitrogen and oxygen atoms in total. The SMILES string of the molecule is CC/C(=N\C(NC1CCC(OC(=O)CN)CC1)=C(/C)C(N)=O)n1nc(CC2CC2)c2c1CC(C)(C)CC2=O. The number of nitrogens with two attached hydrogens (primary N) is 2. The quantitative estimate of drug-likeness (QED) is 0.193. The van der Waals surface area contributed by atoms with Gasteiger partial charge in [0.2, 0.25) is 5.91 Å². The van der Waals surface area contributed by atoms with Crippen molar-refractivity contribution < 1.29 is 19.1 Å². The van der Waals surface area contributed by atoms with E-state index < -0.39 is 11.9 Å². The molecule has 2 saturated carbocycles. The van der Waals surface area contributed by atoms with E-state index in [2.05, 4.69) is 19.2 Å². The molecule has 4 rings (SSSR count). The van der Waals surface area contributed by atoms with Gasteiger partial charge in [0.1, 0.15) is 17.8 Å². The molecule has 0 bridgehead atoms. The second kappa shape index (κ2) is 11.4. The van der Waals surface area contributed by atoms with Crippen LogP contribution in [0.25, 0.3) is 0 Å². The Balaban J connectivity index is 1.64. The van der Waals surface area contributed by atoms with Gasteiger partial charge in [0.15, 0.2) is 5.78 Å². The third-order valence-corrected chi connectivity index (χ3v) is 7.80. The van der Waals surface area contributed by atoms with Gasteiger partial charge in [-0.15, -0.1) is 0 Å². The van der Waals surface area contributed by atoms with Gasteiger partial charge in [-0.2, -0.15) is 5.10 Å². The van der Waals surface area contributed by atoms with Crippen LogP contribution in [-0.2, 0) is 27.2 Å². The first-order valence-electron chi connectivity index (χ1n) is 13.9. The van der Waals surface area contributed by atoms with Gasteiger partial charge < -0.3 is 21.5 Å². The highest BCUT2D eigenvalue weighted by Crippen LogP contribution is 2.39. The van der Waals surface area contributed by atoms with Crippen LogP contribution in [0.4, 0.5) is 0 Å². The van der Waals surface area contributed by atoms with Crippen LogP contribution in [0, 0.1) is 11.3 Å². The van der Waals surface area contributed by atoms with Gasteiger partial charge in [-0.25, -0.2) is 9.67 Å². The lowest BCUT2D eigenvalue weighted by molar-refractivity contribution is -0.148. The molecule has 1 aromatic heterocycles. The summed E-state index contributed by atoms with van der Waals surface area (Å²) in [6, 6.07) is 0.0476. The van der Waals surface area contributed by atoms with Gasteiger partial charge in [0.05, 0.1) is 29.1 Å². The minimum Gasteiger partial charge on any atom is -0.461 e. The van der Waals surface area contributed by atoms with Gasteiger partial charge in [-0.05, 0) is 69.6 Å². The van der Waals surface area contributed by atoms with Gasteiger partial charge in [-0.3, -0.25) is 14.4 Å². The predicted molar refractivity (Wildman–Crippen MR) is 144 cm³/mol. The molecular weight excluding hydrogens is 484 g/mol. The number of rotatable bonds is 9. The summed E-state index contributed by atoms with van der Waals surface area (Å²) in [5, 5.41) is 8.38. The van der Waals surface area contributed by atoms with Crippen molar-refractivity contribution in [1.82, 2.24) is 15.1 Å². The third kappa shape index (κ3) is 6.51. The Morgan fingerprint density at radius 2 is 1.84 bits per heavy atom. The van der Waals surface area contributed by atoms with E-state index in [9.17, 15) is 14.4 Å². The van der Waals surface area contributed by atoms with E-state index in [0.29, 0.717) is 48.8 Å². The number of hydrogen-bond acceptors (Lipinski definition) is 8. The van der Waals surface area contributed by atoms with Crippen LogP contribution in [0.15, 0.2) is 16.4 Å². The first-order chi connectivity index (χ1) is 18.0. The van der Waals surface area contributed by atoms with Crippen LogP contribution in [0.1, 0.15) is 101 Å². The van der Waals surface area contributed by atoms with E-state index in [1.165, 1.54) is 12.8 Å². The zero-order valence-corrected chi connectivity index (χ0v) is 23.1. The van der Waals surface area contributed by atoms with Crippen molar-refractivity contribution >= 4 is 23.5 Å². The molecule has 1 heterocycles. The molecule has 0 aliphatic heterocycles. The average Bonchev–Trinajstić information content (AvgIpc) is 3.61. The second-order valence-electron chi connectivity index (χ2n) is 11.8. The number of fused-ring (bicyclic) bond motifs is 1. The number of aliphatic imine (C=N–C) groups is 1. The first kappa shape index (κ1) is 28.0. The fourth-order valence-corrected chi connectivity index (χ4v) is 5.48. The zero-order valence-electron chi connectivity index (χ0n) is 23.1. The molecule has 0 unspecified atom stereocenters. The van der Waals surface area contributed by atoms with Crippen molar-refractivity contribution in [3.05, 3.63) is 28.3 Å². The Bertz CT molecular complexity index is 1150. The van der Waals surface area contributed by atoms with Crippen molar-refractivity contribution in [1.29, 1.82) is 0 Å². The number of nitrogens with one attached hydrogen (secondary N) is 1. The molecule has 1 amide bonds. The number of hydrogen-bond donors (Lipinski definition) is 3. The molecule has 3 aliphatic rings. The summed E-state index contributed by atoms with van der Waals surface area (Å²) >= 11 is 0. The number of Topliss-reactive ketones (excluding diaryl/α,β-unsaturated/α-hetero) is 1. The highest BCUT2D eigenvalue weighted by Gasteiger charge is 2.38. The minimum atomic E-state index is -0.550. The topological polar surface area (TPSA) is 155 Å². The predicted octanol–water partition coefficient (Wildman–Crippen LogP) is 2.77. The molecule has 0 saturated heterocycles. The largest absolute Gasteiger partial charge is 0.461 e. The summed E-state index contributed by atoms with van der Waals surface area (Å²) in [7, 11) is 0. The smallest absolute Gasteiger partial charge is 0.319 e. The Morgan fingerprint density at radius 1 is 1.16 bits per heavy atom. The lowest BCUT2D eigenvalue weighted by Crippen LogP contribution is -2.37. The van der Waals surface area contributed by atoms with E-state index in [4.69, 9.17) is 26.3 Å². The van der Waals surface area contributed by atoms with Crippen molar-refractivity contribution in [3.63, 3.8) is 0 Å². The molecule has 0 radical (unpaired) electrons. The van der Waals surface area contributed by atoms with Gasteiger partial charge in [0, 0.05) is 18.9 Å². The lowest BCUT2D eigenvalue weighted by Gasteiger charge is -2.30. The standard InChI is InChI=1S/C28H42N6O4/c1-5-23(34-21-13-28(3,4)14-22(35)25(21)20(33-34)12-17-6-7-17)32-27(16(2)26(30)37)31-18-8-10-19(11-9-18)38-24(36)15-29/h17-19,31H,5-15,29H2,1-4H3,(H2,30,37)/b27-16+,32-23+. The normalized spacial score (nSPS) is 23.9. The van der Waals surface area contributed by atoms with Crippen LogP contribution in [0.3, 0.4) is 0 Å². The van der Waals surface area contributed by atoms with E-state index in [1.54, 1.807) is 6.92 Å². The highest BCUT2D eigenvalue weighted by molar-refractivity contribution is 6.01. The number of esters is 1. The molecule has 0 aromatic carbocycles. The fourth-order valence-electron chi connectivity index (χ4n) is 5.48. The second-order valence-corrected chi connectivity index (χ2v) is 11.8. The van der Waals surface area contributed by atoms with Gasteiger partial charge >= 0.3 is 5.97 Å². The van der Waals surface area contributed by atoms with E-state index >= 15 is 0 Å². The Kier molecular flexibility index (Phi) is 8.40. The molecule has 1 aromatic rings. The Morgan fingerprint density at radius 3 is 2.42 bits per heavy atom. The molecule has 3 aliphatic carbocycles. The summed E-state index contributed by atoms with van der Waals surface area (Å²) in [4.78, 5) is 41.9. The Hall–Kier alpha value is -3.01. The maximum Gasteiger partial charge on any atom is 0.319 e. The Labute approximate surface area is 224 Å². The molecule has 0 spiro atoms. The third-order valence-electron chi connectivity index (χ3n) is 7.80. The summed E-state index contributed by atoms with van der Waals surface area (Å²) in [6.07, 6.45) is 7.73. The molecule has 10 heteroatoms. The van der Waals surface area contributed by atoms with Crippen LogP contribution in [-0.4, -0.2) is 52.0 Å². The molecule has 5 N–H and O–H groups in total. The average molecular weight is 527 g/mol. The molecule has 38 heavy (non-hydrogen) atoms. The van der Waals surface area contributed by atoms with Crippen LogP contribution in [0.2, 0.25) is 0 Å². The number of ketones is 1. The summed E-state index contributed by atoms with van der Waals surface area (Å²) < 4.78 is 7.24. The van der Waals surface area contributed by atoms with Gasteiger partial charge in [0.25, 0.3) is 0 Å². The maximum atomic E-state index is 13.2. The summed E-state index contributed by atoms with van der Waals surface area (Å²) in [5.74, 6) is 0.900. The van der Waals surface area contributed by atoms with E-state index in [-0.39, 0.29) is 29.9 Å². The highest BCUT2D eigenvalue weighted by atomic mass is 16.5. The van der Waals surface area contributed by atoms with Gasteiger partial charge in [-0.1, -0.05) is 20.8 Å². The number of amides is 1. The minimum absolute atomic E-state index is 0.0476. The van der Waals surface area contributed by atoms with Crippen LogP contribution < -0.4 is 16.8 Å². The molecule has 208 valence electrons. The maximum absolute atomic E-state index is 13.2. The van der Waals surface area contributed by atoms with Crippen molar-refractivity contribution in [2.75, 3.05) is 6.54 Å². The lowest BCUT2D eigenvalue weighted by atomic mass is 9.75. The molecule has 2 fully saturated rings. The number of aromatic nitrogens is 2. The van der Waals surface area contributed by atoms with Crippen molar-refractivity contribution in [2.45, 2.75) is 104 Å².